The van der Waals surface area contributed by atoms with Gasteiger partial charge in [0.15, 0.2) is 10.6 Å². The summed E-state index contributed by atoms with van der Waals surface area (Å²) in [7, 11) is 1.75. The lowest BCUT2D eigenvalue weighted by Gasteiger charge is -2.04. The molecule has 0 atom stereocenters. The Labute approximate surface area is 85.6 Å². The second kappa shape index (κ2) is 3.31. The SMILES string of the molecule is Cn1nc(Cl)c2ccccc2/c1=N/N. The van der Waals surface area contributed by atoms with Crippen LogP contribution in [0.4, 0.5) is 0 Å². The first-order chi connectivity index (χ1) is 6.74. The molecule has 0 amide bonds. The maximum absolute atomic E-state index is 5.98. The number of fused-ring (bicyclic) bond motifs is 1. The average Bonchev–Trinajstić information content (AvgIpc) is 2.18. The third kappa shape index (κ3) is 1.24. The molecule has 4 nitrogen and oxygen atoms in total. The van der Waals surface area contributed by atoms with E-state index in [9.17, 15) is 0 Å². The Bertz CT molecular complexity index is 544. The Kier molecular flexibility index (Phi) is 2.13. The number of halogens is 1. The Hall–Kier alpha value is -1.55. The minimum atomic E-state index is 0.454. The minimum absolute atomic E-state index is 0.454. The first-order valence-corrected chi connectivity index (χ1v) is 4.47. The van der Waals surface area contributed by atoms with Crippen LogP contribution in [0.5, 0.6) is 0 Å². The average molecular weight is 209 g/mol. The van der Waals surface area contributed by atoms with Crippen molar-refractivity contribution in [1.82, 2.24) is 9.78 Å². The molecule has 1 heterocycles. The summed E-state index contributed by atoms with van der Waals surface area (Å²) in [5, 5.41) is 9.97. The topological polar surface area (TPSA) is 56.2 Å². The van der Waals surface area contributed by atoms with Gasteiger partial charge in [-0.1, -0.05) is 35.9 Å². The normalized spacial score (nSPS) is 12.3. The van der Waals surface area contributed by atoms with Gasteiger partial charge in [0.25, 0.3) is 0 Å². The lowest BCUT2D eigenvalue weighted by atomic mass is 10.2. The molecule has 2 rings (SSSR count). The van der Waals surface area contributed by atoms with E-state index in [-0.39, 0.29) is 0 Å². The quantitative estimate of drug-likeness (QED) is 0.519. The molecule has 0 aliphatic heterocycles. The third-order valence-corrected chi connectivity index (χ3v) is 2.34. The van der Waals surface area contributed by atoms with Gasteiger partial charge in [-0.2, -0.15) is 10.2 Å². The predicted molar refractivity (Wildman–Crippen MR) is 55.5 cm³/mol. The van der Waals surface area contributed by atoms with E-state index in [2.05, 4.69) is 10.2 Å². The number of hydrogen-bond donors (Lipinski definition) is 1. The Balaban J connectivity index is 3.07. The van der Waals surface area contributed by atoms with Crippen LogP contribution < -0.4 is 11.3 Å². The number of nitrogens with zero attached hydrogens (tertiary/aromatic N) is 3. The van der Waals surface area contributed by atoms with E-state index in [4.69, 9.17) is 17.4 Å². The van der Waals surface area contributed by atoms with Crippen molar-refractivity contribution < 1.29 is 0 Å². The van der Waals surface area contributed by atoms with Gasteiger partial charge in [-0.25, -0.2) is 4.68 Å². The van der Waals surface area contributed by atoms with Gasteiger partial charge in [0.05, 0.1) is 0 Å². The summed E-state index contributed by atoms with van der Waals surface area (Å²) in [5.41, 5.74) is 0.616. The molecule has 0 aliphatic carbocycles. The minimum Gasteiger partial charge on any atom is -0.321 e. The summed E-state index contributed by atoms with van der Waals surface area (Å²) in [5.74, 6) is 5.29. The monoisotopic (exact) mass is 208 g/mol. The third-order valence-electron chi connectivity index (χ3n) is 2.06. The molecule has 0 aliphatic rings. The van der Waals surface area contributed by atoms with Crippen molar-refractivity contribution in [2.24, 2.45) is 18.0 Å². The van der Waals surface area contributed by atoms with Crippen molar-refractivity contribution in [1.29, 1.82) is 0 Å². The molecule has 0 spiro atoms. The van der Waals surface area contributed by atoms with Crippen molar-refractivity contribution in [2.75, 3.05) is 0 Å². The van der Waals surface area contributed by atoms with Crippen molar-refractivity contribution in [3.05, 3.63) is 34.9 Å². The molecule has 0 saturated carbocycles. The van der Waals surface area contributed by atoms with Crippen molar-refractivity contribution in [3.8, 4) is 0 Å². The largest absolute Gasteiger partial charge is 0.321 e. The van der Waals surface area contributed by atoms with Crippen molar-refractivity contribution in [2.45, 2.75) is 0 Å². The molecule has 0 bridgehead atoms. The molecule has 0 saturated heterocycles. The Morgan fingerprint density at radius 2 is 2.00 bits per heavy atom. The number of aromatic nitrogens is 2. The van der Waals surface area contributed by atoms with Crippen LogP contribution >= 0.6 is 11.6 Å². The van der Waals surface area contributed by atoms with E-state index in [0.29, 0.717) is 10.6 Å². The van der Waals surface area contributed by atoms with Gasteiger partial charge in [0, 0.05) is 17.8 Å². The van der Waals surface area contributed by atoms with Gasteiger partial charge < -0.3 is 5.84 Å². The molecule has 72 valence electrons. The molecular weight excluding hydrogens is 200 g/mol. The lowest BCUT2D eigenvalue weighted by Crippen LogP contribution is -2.23. The Morgan fingerprint density at radius 3 is 2.64 bits per heavy atom. The molecule has 1 aromatic carbocycles. The first kappa shape index (κ1) is 9.02. The zero-order valence-electron chi connectivity index (χ0n) is 7.61. The molecular formula is C9H9ClN4. The number of aryl methyl sites for hydroxylation is 1. The lowest BCUT2D eigenvalue weighted by molar-refractivity contribution is 0.695. The van der Waals surface area contributed by atoms with Crippen LogP contribution in [-0.2, 0) is 7.05 Å². The van der Waals surface area contributed by atoms with E-state index in [1.165, 1.54) is 0 Å². The summed E-state index contributed by atoms with van der Waals surface area (Å²) in [6.45, 7) is 0. The summed E-state index contributed by atoms with van der Waals surface area (Å²) >= 11 is 5.98. The fourth-order valence-corrected chi connectivity index (χ4v) is 1.70. The van der Waals surface area contributed by atoms with Gasteiger partial charge in [-0.3, -0.25) is 0 Å². The highest BCUT2D eigenvalue weighted by Crippen LogP contribution is 2.16. The molecule has 5 heteroatoms. The van der Waals surface area contributed by atoms with Gasteiger partial charge in [0.2, 0.25) is 0 Å². The zero-order chi connectivity index (χ0) is 10.1. The van der Waals surface area contributed by atoms with E-state index < -0.39 is 0 Å². The molecule has 0 fully saturated rings. The molecule has 2 aromatic rings. The van der Waals surface area contributed by atoms with Crippen LogP contribution in [0.1, 0.15) is 0 Å². The van der Waals surface area contributed by atoms with Crippen LogP contribution in [-0.4, -0.2) is 9.78 Å². The highest BCUT2D eigenvalue weighted by atomic mass is 35.5. The molecule has 1 aromatic heterocycles. The zero-order valence-corrected chi connectivity index (χ0v) is 8.36. The summed E-state index contributed by atoms with van der Waals surface area (Å²) in [6, 6.07) is 7.61. The Morgan fingerprint density at radius 1 is 1.36 bits per heavy atom. The highest BCUT2D eigenvalue weighted by Gasteiger charge is 2.03. The second-order valence-electron chi connectivity index (χ2n) is 2.91. The van der Waals surface area contributed by atoms with Gasteiger partial charge in [-0.15, -0.1) is 0 Å². The number of nitrogens with two attached hydrogens (primary N) is 1. The van der Waals surface area contributed by atoms with E-state index >= 15 is 0 Å². The smallest absolute Gasteiger partial charge is 0.176 e. The van der Waals surface area contributed by atoms with E-state index in [1.54, 1.807) is 11.7 Å². The van der Waals surface area contributed by atoms with Gasteiger partial charge >= 0.3 is 0 Å². The first-order valence-electron chi connectivity index (χ1n) is 4.09. The van der Waals surface area contributed by atoms with Crippen LogP contribution in [0.25, 0.3) is 10.8 Å². The van der Waals surface area contributed by atoms with E-state index in [1.807, 2.05) is 24.3 Å². The fourth-order valence-electron chi connectivity index (χ4n) is 1.42. The number of hydrogen-bond acceptors (Lipinski definition) is 3. The van der Waals surface area contributed by atoms with Crippen molar-refractivity contribution in [3.63, 3.8) is 0 Å². The number of rotatable bonds is 0. The van der Waals surface area contributed by atoms with Gasteiger partial charge in [0.1, 0.15) is 0 Å². The molecule has 14 heavy (non-hydrogen) atoms. The summed E-state index contributed by atoms with van der Waals surface area (Å²) < 4.78 is 1.56. The summed E-state index contributed by atoms with van der Waals surface area (Å²) in [6.07, 6.45) is 0. The fraction of sp³-hybridized carbons (Fsp3) is 0.111. The van der Waals surface area contributed by atoms with Crippen molar-refractivity contribution >= 4 is 22.4 Å². The summed E-state index contributed by atoms with van der Waals surface area (Å²) in [4.78, 5) is 0. The highest BCUT2D eigenvalue weighted by molar-refractivity contribution is 6.34. The van der Waals surface area contributed by atoms with E-state index in [0.717, 1.165) is 10.8 Å². The molecule has 0 unspecified atom stereocenters. The van der Waals surface area contributed by atoms with Crippen LogP contribution in [0.15, 0.2) is 29.4 Å². The van der Waals surface area contributed by atoms with Crippen LogP contribution in [0, 0.1) is 0 Å². The standard InChI is InChI=1S/C9H9ClN4/c1-14-9(12-11)7-5-3-2-4-6(7)8(10)13-14/h2-5H,11H2,1H3/b12-9-. The maximum atomic E-state index is 5.98. The van der Waals surface area contributed by atoms with Crippen LogP contribution in [0.2, 0.25) is 5.15 Å². The van der Waals surface area contributed by atoms with Gasteiger partial charge in [-0.05, 0) is 0 Å². The molecule has 2 N–H and O–H groups in total. The second-order valence-corrected chi connectivity index (χ2v) is 3.27. The molecule has 0 radical (unpaired) electrons. The predicted octanol–water partition coefficient (Wildman–Crippen LogP) is 1.00. The number of benzene rings is 1. The van der Waals surface area contributed by atoms with Crippen LogP contribution in [0.3, 0.4) is 0 Å². The maximum Gasteiger partial charge on any atom is 0.176 e.